The van der Waals surface area contributed by atoms with Gasteiger partial charge in [0.1, 0.15) is 0 Å². The minimum atomic E-state index is 0.141. The van der Waals surface area contributed by atoms with E-state index >= 15 is 0 Å². The van der Waals surface area contributed by atoms with E-state index in [4.69, 9.17) is 13.1 Å². The summed E-state index contributed by atoms with van der Waals surface area (Å²) in [4.78, 5) is 7.33. The number of hydrogen-bond donors (Lipinski definition) is 0. The van der Waals surface area contributed by atoms with Gasteiger partial charge in [-0.05, 0) is 143 Å². The zero-order valence-electron chi connectivity index (χ0n) is 26.4. The molecule has 8 aromatic rings. The molecule has 0 amide bonds. The summed E-state index contributed by atoms with van der Waals surface area (Å²) in [6.07, 6.45) is 0. The molecule has 1 heterocycles. The Morgan fingerprint density at radius 1 is 0.468 bits per heavy atom. The minimum Gasteiger partial charge on any atom is -0.309 e. The molecular formula is C44H29N3. The van der Waals surface area contributed by atoms with Crippen LogP contribution in [0.1, 0.15) is 26.3 Å². The molecule has 0 bridgehead atoms. The first-order chi connectivity index (χ1) is 22.8. The molecule has 1 aromatic heterocycles. The molecule has 47 heavy (non-hydrogen) atoms. The second-order valence-corrected chi connectivity index (χ2v) is 13.7. The Labute approximate surface area is 273 Å². The molecule has 0 aliphatic heterocycles. The lowest BCUT2D eigenvalue weighted by Crippen LogP contribution is -2.10. The highest BCUT2D eigenvalue weighted by Crippen LogP contribution is 2.51. The van der Waals surface area contributed by atoms with Gasteiger partial charge >= 0.3 is 0 Å². The van der Waals surface area contributed by atoms with E-state index in [1.54, 1.807) is 0 Å². The van der Waals surface area contributed by atoms with Crippen molar-refractivity contribution in [1.82, 2.24) is 4.57 Å². The Bertz CT molecular complexity index is 2650. The number of rotatable bonds is 2. The highest BCUT2D eigenvalue weighted by atomic mass is 15.0. The van der Waals surface area contributed by atoms with Crippen LogP contribution in [0, 0.1) is 13.1 Å². The van der Waals surface area contributed by atoms with Crippen LogP contribution < -0.4 is 0 Å². The second kappa shape index (κ2) is 9.67. The summed E-state index contributed by atoms with van der Waals surface area (Å²) < 4.78 is 2.25. The van der Waals surface area contributed by atoms with Crippen molar-refractivity contribution in [1.29, 1.82) is 0 Å². The lowest BCUT2D eigenvalue weighted by atomic mass is 9.77. The van der Waals surface area contributed by atoms with Gasteiger partial charge in [0.25, 0.3) is 0 Å². The van der Waals surface area contributed by atoms with Crippen molar-refractivity contribution in [3.63, 3.8) is 0 Å². The summed E-state index contributed by atoms with van der Waals surface area (Å²) in [6.45, 7) is 21.8. The zero-order valence-corrected chi connectivity index (χ0v) is 26.4. The predicted octanol–water partition coefficient (Wildman–Crippen LogP) is 12.8. The molecule has 1 aliphatic rings. The molecule has 0 saturated carbocycles. The van der Waals surface area contributed by atoms with Crippen LogP contribution in [0.4, 0.5) is 11.4 Å². The predicted molar refractivity (Wildman–Crippen MR) is 197 cm³/mol. The largest absolute Gasteiger partial charge is 0.309 e. The van der Waals surface area contributed by atoms with E-state index in [0.717, 1.165) is 27.5 Å². The first kappa shape index (κ1) is 27.2. The average molecular weight is 600 g/mol. The molecule has 220 valence electrons. The number of aromatic nitrogens is 1. The topological polar surface area (TPSA) is 13.7 Å². The van der Waals surface area contributed by atoms with Gasteiger partial charge in [-0.15, -0.1) is 0 Å². The third-order valence-corrected chi connectivity index (χ3v) is 9.85. The van der Waals surface area contributed by atoms with Crippen molar-refractivity contribution in [3.05, 3.63) is 150 Å². The van der Waals surface area contributed by atoms with Crippen molar-refractivity contribution < 1.29 is 0 Å². The molecule has 0 atom stereocenters. The van der Waals surface area contributed by atoms with Gasteiger partial charge < -0.3 is 4.57 Å². The molecule has 1 aliphatic carbocycles. The molecule has 0 fully saturated rings. The summed E-state index contributed by atoms with van der Waals surface area (Å²) in [5.74, 6) is 0. The van der Waals surface area contributed by atoms with Crippen molar-refractivity contribution in [2.45, 2.75) is 26.2 Å². The van der Waals surface area contributed by atoms with Gasteiger partial charge in [-0.2, -0.15) is 0 Å². The van der Waals surface area contributed by atoms with Gasteiger partial charge in [-0.25, -0.2) is 9.69 Å². The molecule has 9 rings (SSSR count). The van der Waals surface area contributed by atoms with E-state index in [2.05, 4.69) is 120 Å². The summed E-state index contributed by atoms with van der Waals surface area (Å²) in [5, 5.41) is 6.88. The van der Waals surface area contributed by atoms with Crippen LogP contribution in [0.5, 0.6) is 0 Å². The maximum atomic E-state index is 7.54. The quantitative estimate of drug-likeness (QED) is 0.175. The van der Waals surface area contributed by atoms with Crippen molar-refractivity contribution in [2.24, 2.45) is 0 Å². The fourth-order valence-corrected chi connectivity index (χ4v) is 7.31. The van der Waals surface area contributed by atoms with Crippen LogP contribution in [0.25, 0.3) is 92.1 Å². The maximum Gasteiger partial charge on any atom is 0.188 e. The van der Waals surface area contributed by atoms with Crippen molar-refractivity contribution in [3.8, 4) is 39.1 Å². The fourth-order valence-electron chi connectivity index (χ4n) is 7.31. The second-order valence-electron chi connectivity index (χ2n) is 13.7. The summed E-state index contributed by atoms with van der Waals surface area (Å²) in [6, 6.07) is 43.5. The number of benzene rings is 7. The third kappa shape index (κ3) is 4.11. The van der Waals surface area contributed by atoms with Crippen LogP contribution >= 0.6 is 0 Å². The monoisotopic (exact) mass is 599 g/mol. The van der Waals surface area contributed by atoms with Crippen molar-refractivity contribution in [2.75, 3.05) is 0 Å². The Hall–Kier alpha value is -6.16. The molecule has 0 saturated heterocycles. The Morgan fingerprint density at radius 2 is 0.957 bits per heavy atom. The van der Waals surface area contributed by atoms with Crippen LogP contribution in [-0.4, -0.2) is 4.57 Å². The van der Waals surface area contributed by atoms with E-state index in [0.29, 0.717) is 11.4 Å². The standard InChI is InChI=1S/C44H29N3/c1-44(2,3)32-11-8-26(9-12-32)27-6-7-28-20-36-38(22-30(28)18-27)37-21-29-10-15-35(19-31(29)23-39(36)37)47-42-16-13-33(45-4)24-40(42)41-25-34(46-5)14-17-43(41)47/h6-25H,1-3H3. The molecule has 0 radical (unpaired) electrons. The van der Waals surface area contributed by atoms with Gasteiger partial charge in [-0.3, -0.25) is 0 Å². The first-order valence-corrected chi connectivity index (χ1v) is 15.9. The lowest BCUT2D eigenvalue weighted by Gasteiger charge is -2.26. The molecule has 3 heteroatoms. The van der Waals surface area contributed by atoms with E-state index in [1.165, 1.54) is 60.5 Å². The highest BCUT2D eigenvalue weighted by molar-refractivity contribution is 6.14. The summed E-state index contributed by atoms with van der Waals surface area (Å²) >= 11 is 0. The van der Waals surface area contributed by atoms with Crippen molar-refractivity contribution >= 4 is 54.7 Å². The number of hydrogen-bond acceptors (Lipinski definition) is 0. The van der Waals surface area contributed by atoms with Crippen LogP contribution in [0.3, 0.4) is 0 Å². The molecule has 7 aromatic carbocycles. The minimum absolute atomic E-state index is 0.141. The van der Waals surface area contributed by atoms with E-state index in [1.807, 2.05) is 36.4 Å². The zero-order chi connectivity index (χ0) is 32.0. The van der Waals surface area contributed by atoms with Gasteiger partial charge in [-0.1, -0.05) is 75.4 Å². The summed E-state index contributed by atoms with van der Waals surface area (Å²) in [5.41, 5.74) is 13.5. The van der Waals surface area contributed by atoms with Crippen LogP contribution in [0.2, 0.25) is 0 Å². The molecule has 0 N–H and O–H groups in total. The molecular weight excluding hydrogens is 571 g/mol. The number of nitrogens with zero attached hydrogens (tertiary/aromatic N) is 3. The van der Waals surface area contributed by atoms with Gasteiger partial charge in [0, 0.05) is 5.69 Å². The molecule has 0 unspecified atom stereocenters. The lowest BCUT2D eigenvalue weighted by molar-refractivity contribution is 0.590. The average Bonchev–Trinajstić information content (AvgIpc) is 3.42. The normalized spacial score (nSPS) is 12.1. The maximum absolute atomic E-state index is 7.54. The van der Waals surface area contributed by atoms with Crippen LogP contribution in [0.15, 0.2) is 121 Å². The third-order valence-electron chi connectivity index (χ3n) is 9.85. The highest BCUT2D eigenvalue weighted by Gasteiger charge is 2.24. The van der Waals surface area contributed by atoms with E-state index in [-0.39, 0.29) is 5.41 Å². The molecule has 3 nitrogen and oxygen atoms in total. The van der Waals surface area contributed by atoms with Gasteiger partial charge in [0.05, 0.1) is 24.2 Å². The van der Waals surface area contributed by atoms with Gasteiger partial charge in [0.2, 0.25) is 0 Å². The molecule has 0 spiro atoms. The Balaban J connectivity index is 1.13. The fraction of sp³-hybridized carbons (Fsp3) is 0.0909. The van der Waals surface area contributed by atoms with E-state index in [9.17, 15) is 0 Å². The number of fused-ring (bicyclic) bond motifs is 9. The smallest absolute Gasteiger partial charge is 0.188 e. The summed E-state index contributed by atoms with van der Waals surface area (Å²) in [7, 11) is 0. The first-order valence-electron chi connectivity index (χ1n) is 15.9. The Kier molecular flexibility index (Phi) is 5.59. The van der Waals surface area contributed by atoms with Gasteiger partial charge in [0.15, 0.2) is 11.4 Å². The SMILES string of the molecule is [C-]#[N+]c1ccc2c(c1)c1cc([N+]#[C-])ccc1n2-c1ccc2cc3c(cc2c1)-c1cc2ccc(-c4ccc(C(C)(C)C)cc4)cc2cc1-3. The Morgan fingerprint density at radius 3 is 1.49 bits per heavy atom. The van der Waals surface area contributed by atoms with Crippen LogP contribution in [-0.2, 0) is 5.41 Å². The van der Waals surface area contributed by atoms with E-state index < -0.39 is 0 Å².